The number of pyridine rings is 1. The van der Waals surface area contributed by atoms with Gasteiger partial charge in [-0.15, -0.1) is 11.8 Å². The van der Waals surface area contributed by atoms with Crippen LogP contribution < -0.4 is 5.32 Å². The van der Waals surface area contributed by atoms with Crippen LogP contribution >= 0.6 is 23.4 Å². The fraction of sp³-hybridized carbons (Fsp3) is 0.538. The van der Waals surface area contributed by atoms with Gasteiger partial charge in [-0.1, -0.05) is 18.5 Å². The monoisotopic (exact) mass is 302 g/mol. The molecule has 0 aliphatic carbocycles. The van der Waals surface area contributed by atoms with E-state index in [1.165, 1.54) is 0 Å². The molecule has 0 fully saturated rings. The molecular formula is C13H19ClN2O2S. The van der Waals surface area contributed by atoms with Gasteiger partial charge in [0.15, 0.2) is 0 Å². The summed E-state index contributed by atoms with van der Waals surface area (Å²) in [6.45, 7) is 4.28. The molecule has 1 heterocycles. The Bertz CT molecular complexity index is 414. The normalized spacial score (nSPS) is 14.1. The van der Waals surface area contributed by atoms with E-state index in [-0.39, 0.29) is 0 Å². The van der Waals surface area contributed by atoms with E-state index in [1.54, 1.807) is 30.9 Å². The number of hydrogen-bond acceptors (Lipinski definition) is 4. The summed E-state index contributed by atoms with van der Waals surface area (Å²) in [5.41, 5.74) is -0.845. The average Bonchev–Trinajstić information content (AvgIpc) is 2.37. The standard InChI is InChI=1S/C13H19ClN2O2S/c1-3-16-13(2,12(17)18)7-4-8-19-11-6-5-10(14)9-15-11/h5-6,9,16H,3-4,7-8H2,1-2H3,(H,17,18). The van der Waals surface area contributed by atoms with Crippen molar-refractivity contribution in [2.45, 2.75) is 37.3 Å². The minimum absolute atomic E-state index is 0.594. The van der Waals surface area contributed by atoms with Gasteiger partial charge in [-0.3, -0.25) is 4.79 Å². The molecule has 4 nitrogen and oxygen atoms in total. The lowest BCUT2D eigenvalue weighted by Crippen LogP contribution is -2.49. The lowest BCUT2D eigenvalue weighted by Gasteiger charge is -2.25. The number of thioether (sulfide) groups is 1. The number of carbonyl (C=O) groups is 1. The van der Waals surface area contributed by atoms with Crippen molar-refractivity contribution < 1.29 is 9.90 Å². The Labute approximate surface area is 123 Å². The zero-order valence-corrected chi connectivity index (χ0v) is 12.7. The van der Waals surface area contributed by atoms with Crippen molar-refractivity contribution in [3.8, 4) is 0 Å². The molecule has 0 spiro atoms. The van der Waals surface area contributed by atoms with Crippen LogP contribution in [0.4, 0.5) is 0 Å². The maximum Gasteiger partial charge on any atom is 0.323 e. The Morgan fingerprint density at radius 3 is 2.84 bits per heavy atom. The highest BCUT2D eigenvalue weighted by atomic mass is 35.5. The lowest BCUT2D eigenvalue weighted by molar-refractivity contribution is -0.144. The van der Waals surface area contributed by atoms with Crippen LogP contribution in [-0.2, 0) is 4.79 Å². The Morgan fingerprint density at radius 1 is 1.58 bits per heavy atom. The number of hydrogen-bond donors (Lipinski definition) is 2. The average molecular weight is 303 g/mol. The zero-order valence-electron chi connectivity index (χ0n) is 11.1. The molecule has 1 unspecified atom stereocenters. The molecule has 1 rings (SSSR count). The second kappa shape index (κ2) is 7.72. The van der Waals surface area contributed by atoms with E-state index in [0.29, 0.717) is 18.0 Å². The van der Waals surface area contributed by atoms with Crippen LogP contribution in [0.5, 0.6) is 0 Å². The Kier molecular flexibility index (Phi) is 6.62. The molecule has 6 heteroatoms. The number of halogens is 1. The van der Waals surface area contributed by atoms with Crippen molar-refractivity contribution in [2.75, 3.05) is 12.3 Å². The van der Waals surface area contributed by atoms with Gasteiger partial charge >= 0.3 is 5.97 Å². The summed E-state index contributed by atoms with van der Waals surface area (Å²) in [7, 11) is 0. The third kappa shape index (κ3) is 5.38. The van der Waals surface area contributed by atoms with E-state index in [9.17, 15) is 9.90 Å². The molecule has 0 aromatic carbocycles. The number of aliphatic carboxylic acids is 1. The topological polar surface area (TPSA) is 62.2 Å². The third-order valence-electron chi connectivity index (χ3n) is 2.81. The molecule has 1 atom stereocenters. The van der Waals surface area contributed by atoms with E-state index in [2.05, 4.69) is 10.3 Å². The molecule has 0 radical (unpaired) electrons. The maximum atomic E-state index is 11.2. The first-order valence-electron chi connectivity index (χ1n) is 6.20. The fourth-order valence-electron chi connectivity index (χ4n) is 1.71. The third-order valence-corrected chi connectivity index (χ3v) is 4.06. The highest BCUT2D eigenvalue weighted by molar-refractivity contribution is 7.99. The van der Waals surface area contributed by atoms with Crippen LogP contribution in [0.1, 0.15) is 26.7 Å². The summed E-state index contributed by atoms with van der Waals surface area (Å²) in [5, 5.41) is 13.8. The van der Waals surface area contributed by atoms with Crippen molar-refractivity contribution in [2.24, 2.45) is 0 Å². The van der Waals surface area contributed by atoms with Gasteiger partial charge in [-0.05, 0) is 44.2 Å². The first-order chi connectivity index (χ1) is 8.98. The number of nitrogens with zero attached hydrogens (tertiary/aromatic N) is 1. The largest absolute Gasteiger partial charge is 0.480 e. The molecule has 0 saturated carbocycles. The van der Waals surface area contributed by atoms with Crippen molar-refractivity contribution in [3.63, 3.8) is 0 Å². The highest BCUT2D eigenvalue weighted by Crippen LogP contribution is 2.21. The number of nitrogens with one attached hydrogen (secondary N) is 1. The number of aromatic nitrogens is 1. The van der Waals surface area contributed by atoms with E-state index in [4.69, 9.17) is 11.6 Å². The van der Waals surface area contributed by atoms with Gasteiger partial charge in [-0.25, -0.2) is 4.98 Å². The smallest absolute Gasteiger partial charge is 0.323 e. The summed E-state index contributed by atoms with van der Waals surface area (Å²) in [4.78, 5) is 15.4. The van der Waals surface area contributed by atoms with Gasteiger partial charge in [0.25, 0.3) is 0 Å². The molecule has 106 valence electrons. The summed E-state index contributed by atoms with van der Waals surface area (Å²) in [6.07, 6.45) is 3.02. The van der Waals surface area contributed by atoms with Crippen LogP contribution in [0.3, 0.4) is 0 Å². The zero-order chi connectivity index (χ0) is 14.3. The van der Waals surface area contributed by atoms with Gasteiger partial charge in [-0.2, -0.15) is 0 Å². The van der Waals surface area contributed by atoms with Crippen molar-refractivity contribution >= 4 is 29.3 Å². The van der Waals surface area contributed by atoms with E-state index >= 15 is 0 Å². The van der Waals surface area contributed by atoms with Crippen LogP contribution in [-0.4, -0.2) is 33.9 Å². The predicted molar refractivity (Wildman–Crippen MR) is 78.9 cm³/mol. The molecule has 1 aromatic heterocycles. The van der Waals surface area contributed by atoms with Crippen molar-refractivity contribution in [1.29, 1.82) is 0 Å². The summed E-state index contributed by atoms with van der Waals surface area (Å²) < 4.78 is 0. The van der Waals surface area contributed by atoms with Crippen molar-refractivity contribution in [1.82, 2.24) is 10.3 Å². The Balaban J connectivity index is 2.36. The van der Waals surface area contributed by atoms with Crippen LogP contribution in [0, 0.1) is 0 Å². The van der Waals surface area contributed by atoms with E-state index < -0.39 is 11.5 Å². The summed E-state index contributed by atoms with van der Waals surface area (Å²) in [5.74, 6) is 0.0343. The molecule has 2 N–H and O–H groups in total. The quantitative estimate of drug-likeness (QED) is 0.571. The fourth-order valence-corrected chi connectivity index (χ4v) is 2.61. The lowest BCUT2D eigenvalue weighted by atomic mass is 9.96. The summed E-state index contributed by atoms with van der Waals surface area (Å²) >= 11 is 7.37. The van der Waals surface area contributed by atoms with Crippen molar-refractivity contribution in [3.05, 3.63) is 23.4 Å². The second-order valence-corrected chi connectivity index (χ2v) is 5.99. The Hall–Kier alpha value is -0.780. The second-order valence-electron chi connectivity index (χ2n) is 4.43. The van der Waals surface area contributed by atoms with Gasteiger partial charge in [0.2, 0.25) is 0 Å². The van der Waals surface area contributed by atoms with Crippen LogP contribution in [0.15, 0.2) is 23.4 Å². The number of carboxylic acid groups (broad SMARTS) is 1. The number of rotatable bonds is 8. The Morgan fingerprint density at radius 2 is 2.32 bits per heavy atom. The highest BCUT2D eigenvalue weighted by Gasteiger charge is 2.30. The van der Waals surface area contributed by atoms with Gasteiger partial charge < -0.3 is 10.4 Å². The summed E-state index contributed by atoms with van der Waals surface area (Å²) in [6, 6.07) is 3.67. The van der Waals surface area contributed by atoms with Crippen LogP contribution in [0.2, 0.25) is 5.02 Å². The minimum Gasteiger partial charge on any atom is -0.480 e. The van der Waals surface area contributed by atoms with Gasteiger partial charge in [0.05, 0.1) is 10.0 Å². The minimum atomic E-state index is -0.845. The van der Waals surface area contributed by atoms with E-state index in [0.717, 1.165) is 17.2 Å². The predicted octanol–water partition coefficient (Wildman–Crippen LogP) is 3.06. The maximum absolute atomic E-state index is 11.2. The van der Waals surface area contributed by atoms with E-state index in [1.807, 2.05) is 13.0 Å². The number of likely N-dealkylation sites (N-methyl/N-ethyl adjacent to an activating group) is 1. The molecule has 0 aliphatic rings. The molecule has 19 heavy (non-hydrogen) atoms. The first kappa shape index (κ1) is 16.3. The number of carboxylic acids is 1. The SMILES string of the molecule is CCNC(C)(CCCSc1ccc(Cl)cn1)C(=O)O. The molecule has 0 amide bonds. The molecular weight excluding hydrogens is 284 g/mol. The molecule has 0 bridgehead atoms. The van der Waals surface area contributed by atoms with Gasteiger partial charge in [0, 0.05) is 6.20 Å². The van der Waals surface area contributed by atoms with Gasteiger partial charge in [0.1, 0.15) is 5.54 Å². The molecule has 0 saturated heterocycles. The molecule has 0 aliphatic heterocycles. The van der Waals surface area contributed by atoms with Crippen LogP contribution in [0.25, 0.3) is 0 Å². The first-order valence-corrected chi connectivity index (χ1v) is 7.57. The molecule has 1 aromatic rings.